The maximum atomic E-state index is 12.2. The van der Waals surface area contributed by atoms with E-state index in [-0.39, 0.29) is 23.6 Å². The number of hydrogen-bond acceptors (Lipinski definition) is 5. The van der Waals surface area contributed by atoms with Gasteiger partial charge in [0.1, 0.15) is 10.5 Å². The van der Waals surface area contributed by atoms with E-state index in [1.165, 1.54) is 21.7 Å². The monoisotopic (exact) mass is 333 g/mol. The Bertz CT molecular complexity index is 513. The lowest BCUT2D eigenvalue weighted by Crippen LogP contribution is -2.44. The zero-order valence-electron chi connectivity index (χ0n) is 12.8. The van der Waals surface area contributed by atoms with E-state index < -0.39 is 11.7 Å². The zero-order valence-corrected chi connectivity index (χ0v) is 14.3. The van der Waals surface area contributed by atoms with E-state index in [1.807, 2.05) is 6.92 Å². The fraction of sp³-hybridized carbons (Fsp3) is 0.615. The van der Waals surface area contributed by atoms with Gasteiger partial charge in [0.2, 0.25) is 0 Å². The lowest BCUT2D eigenvalue weighted by molar-refractivity contribution is 0.0502. The molecule has 1 aromatic rings. The topological polar surface area (TPSA) is 71.5 Å². The van der Waals surface area contributed by atoms with E-state index in [0.29, 0.717) is 4.88 Å². The summed E-state index contributed by atoms with van der Waals surface area (Å²) >= 11 is 7.03. The first-order valence-electron chi connectivity index (χ1n) is 6.45. The molecule has 0 fully saturated rings. The second kappa shape index (κ2) is 7.09. The fourth-order valence-corrected chi connectivity index (χ4v) is 2.39. The molecule has 1 rings (SSSR count). The molecular weight excluding hydrogens is 314 g/mol. The average Bonchev–Trinajstić information content (AvgIpc) is 2.78. The molecule has 2 amide bonds. The van der Waals surface area contributed by atoms with Crippen molar-refractivity contribution in [2.75, 3.05) is 13.6 Å². The second-order valence-corrected chi connectivity index (χ2v) is 6.83. The Balaban J connectivity index is 2.52. The number of nitrogens with zero attached hydrogens (tertiary/aromatic N) is 2. The molecule has 1 atom stereocenters. The van der Waals surface area contributed by atoms with Crippen LogP contribution in [0.25, 0.3) is 0 Å². The van der Waals surface area contributed by atoms with Crippen molar-refractivity contribution in [2.45, 2.75) is 39.3 Å². The van der Waals surface area contributed by atoms with Gasteiger partial charge in [-0.15, -0.1) is 11.3 Å². The largest absolute Gasteiger partial charge is 0.444 e. The Hall–Kier alpha value is -1.34. The highest BCUT2D eigenvalue weighted by Crippen LogP contribution is 2.20. The van der Waals surface area contributed by atoms with Crippen LogP contribution in [0.1, 0.15) is 37.4 Å². The number of aromatic nitrogens is 1. The number of thiazole rings is 1. The van der Waals surface area contributed by atoms with Crippen molar-refractivity contribution in [3.63, 3.8) is 0 Å². The molecule has 0 aromatic carbocycles. The third kappa shape index (κ3) is 5.51. The predicted octanol–water partition coefficient (Wildman–Crippen LogP) is 2.78. The molecule has 118 valence electrons. The maximum Gasteiger partial charge on any atom is 0.407 e. The number of carbonyl (C=O) groups excluding carboxylic acids is 2. The molecular formula is C13H20ClN3O3S. The average molecular weight is 334 g/mol. The number of likely N-dealkylation sites (N-methyl/N-ethyl adjacent to an activating group) is 1. The summed E-state index contributed by atoms with van der Waals surface area (Å²) in [6.07, 6.45) is -0.508. The van der Waals surface area contributed by atoms with Crippen LogP contribution in [0.2, 0.25) is 5.15 Å². The molecule has 0 aliphatic carbocycles. The molecule has 6 nitrogen and oxygen atoms in total. The van der Waals surface area contributed by atoms with Gasteiger partial charge in [-0.1, -0.05) is 11.6 Å². The quantitative estimate of drug-likeness (QED) is 0.919. The summed E-state index contributed by atoms with van der Waals surface area (Å²) in [6.45, 7) is 7.48. The van der Waals surface area contributed by atoms with E-state index in [2.05, 4.69) is 10.3 Å². The summed E-state index contributed by atoms with van der Waals surface area (Å²) in [4.78, 5) is 29.5. The number of amides is 2. The molecule has 0 aliphatic heterocycles. The van der Waals surface area contributed by atoms with E-state index in [4.69, 9.17) is 16.3 Å². The lowest BCUT2D eigenvalue weighted by Gasteiger charge is -2.26. The summed E-state index contributed by atoms with van der Waals surface area (Å²) < 4.78 is 5.14. The first-order valence-corrected chi connectivity index (χ1v) is 7.70. The molecule has 0 bridgehead atoms. The van der Waals surface area contributed by atoms with Crippen molar-refractivity contribution in [2.24, 2.45) is 0 Å². The van der Waals surface area contributed by atoms with E-state index in [0.717, 1.165) is 0 Å². The van der Waals surface area contributed by atoms with Gasteiger partial charge in [-0.25, -0.2) is 9.78 Å². The van der Waals surface area contributed by atoms with Gasteiger partial charge in [0.05, 0.1) is 5.51 Å². The standard InChI is InChI=1S/C13H20ClN3O3S/c1-8(6-15-12(19)20-13(2,3)4)17(5)11(18)9-10(14)16-7-21-9/h7-8H,6H2,1-5H3,(H,15,19)/t8-/m1/s1. The number of halogens is 1. The van der Waals surface area contributed by atoms with Crippen LogP contribution >= 0.6 is 22.9 Å². The smallest absolute Gasteiger partial charge is 0.407 e. The normalized spacial score (nSPS) is 12.7. The van der Waals surface area contributed by atoms with Gasteiger partial charge in [-0.3, -0.25) is 4.79 Å². The van der Waals surface area contributed by atoms with Crippen LogP contribution in [-0.2, 0) is 4.74 Å². The van der Waals surface area contributed by atoms with E-state index >= 15 is 0 Å². The highest BCUT2D eigenvalue weighted by atomic mass is 35.5. The molecule has 0 unspecified atom stereocenters. The van der Waals surface area contributed by atoms with E-state index in [1.54, 1.807) is 27.8 Å². The van der Waals surface area contributed by atoms with Crippen molar-refractivity contribution in [3.8, 4) is 0 Å². The number of carbonyl (C=O) groups is 2. The Morgan fingerprint density at radius 1 is 1.52 bits per heavy atom. The summed E-state index contributed by atoms with van der Waals surface area (Å²) in [7, 11) is 1.65. The minimum Gasteiger partial charge on any atom is -0.444 e. The zero-order chi connectivity index (χ0) is 16.2. The van der Waals surface area contributed by atoms with Gasteiger partial charge < -0.3 is 15.0 Å². The number of alkyl carbamates (subject to hydrolysis) is 1. The van der Waals surface area contributed by atoms with Crippen molar-refractivity contribution in [1.82, 2.24) is 15.2 Å². The summed E-state index contributed by atoms with van der Waals surface area (Å²) in [5, 5.41) is 2.83. The van der Waals surface area contributed by atoms with Crippen LogP contribution in [0.3, 0.4) is 0 Å². The molecule has 1 N–H and O–H groups in total. The number of hydrogen-bond donors (Lipinski definition) is 1. The van der Waals surface area contributed by atoms with Crippen LogP contribution in [0.4, 0.5) is 4.79 Å². The number of rotatable bonds is 4. The molecule has 1 aromatic heterocycles. The SMILES string of the molecule is C[C@H](CNC(=O)OC(C)(C)C)N(C)C(=O)c1scnc1Cl. The summed E-state index contributed by atoms with van der Waals surface area (Å²) in [5.41, 5.74) is 0.970. The van der Waals surface area contributed by atoms with Gasteiger partial charge in [-0.05, 0) is 27.7 Å². The Morgan fingerprint density at radius 2 is 2.14 bits per heavy atom. The van der Waals surface area contributed by atoms with Gasteiger partial charge in [-0.2, -0.15) is 0 Å². The van der Waals surface area contributed by atoms with Gasteiger partial charge >= 0.3 is 6.09 Å². The van der Waals surface area contributed by atoms with Gasteiger partial charge in [0, 0.05) is 19.6 Å². The highest BCUT2D eigenvalue weighted by Gasteiger charge is 2.23. The molecule has 21 heavy (non-hydrogen) atoms. The predicted molar refractivity (Wildman–Crippen MR) is 82.9 cm³/mol. The molecule has 0 spiro atoms. The molecule has 1 heterocycles. The minimum absolute atomic E-state index is 0.198. The van der Waals surface area contributed by atoms with Crippen LogP contribution in [0.5, 0.6) is 0 Å². The third-order valence-electron chi connectivity index (χ3n) is 2.64. The maximum absolute atomic E-state index is 12.2. The second-order valence-electron chi connectivity index (χ2n) is 5.62. The lowest BCUT2D eigenvalue weighted by atomic mass is 10.2. The summed E-state index contributed by atoms with van der Waals surface area (Å²) in [5.74, 6) is -0.221. The van der Waals surface area contributed by atoms with Crippen LogP contribution in [0, 0.1) is 0 Å². The van der Waals surface area contributed by atoms with Crippen molar-refractivity contribution in [1.29, 1.82) is 0 Å². The van der Waals surface area contributed by atoms with Crippen molar-refractivity contribution in [3.05, 3.63) is 15.5 Å². The molecule has 0 radical (unpaired) electrons. The Morgan fingerprint density at radius 3 is 2.62 bits per heavy atom. The van der Waals surface area contributed by atoms with Crippen LogP contribution < -0.4 is 5.32 Å². The Labute approximate surface area is 133 Å². The number of nitrogens with one attached hydrogen (secondary N) is 1. The first kappa shape index (κ1) is 17.7. The minimum atomic E-state index is -0.550. The molecule has 0 saturated heterocycles. The molecule has 0 aliphatic rings. The van der Waals surface area contributed by atoms with Gasteiger partial charge in [0.25, 0.3) is 5.91 Å². The third-order valence-corrected chi connectivity index (χ3v) is 3.85. The highest BCUT2D eigenvalue weighted by molar-refractivity contribution is 7.12. The molecule has 8 heteroatoms. The fourth-order valence-electron chi connectivity index (χ4n) is 1.41. The Kier molecular flexibility index (Phi) is 5.98. The van der Waals surface area contributed by atoms with Crippen molar-refractivity contribution >= 4 is 34.9 Å². The first-order chi connectivity index (χ1) is 9.61. The van der Waals surface area contributed by atoms with Crippen molar-refractivity contribution < 1.29 is 14.3 Å². The van der Waals surface area contributed by atoms with Crippen LogP contribution in [-0.4, -0.2) is 47.1 Å². The summed E-state index contributed by atoms with van der Waals surface area (Å²) in [6, 6.07) is -0.205. The van der Waals surface area contributed by atoms with E-state index in [9.17, 15) is 9.59 Å². The van der Waals surface area contributed by atoms with Gasteiger partial charge in [0.15, 0.2) is 5.15 Å². The van der Waals surface area contributed by atoms with Crippen LogP contribution in [0.15, 0.2) is 5.51 Å². The number of ether oxygens (including phenoxy) is 1. The molecule has 0 saturated carbocycles.